The Balaban J connectivity index is 3.03. The summed E-state index contributed by atoms with van der Waals surface area (Å²) in [5.41, 5.74) is -0.123. The number of alkyl halides is 3. The van der Waals surface area contributed by atoms with Crippen LogP contribution in [0.4, 0.5) is 13.2 Å². The lowest BCUT2D eigenvalue weighted by Gasteiger charge is -2.08. The molecule has 5 heteroatoms. The van der Waals surface area contributed by atoms with Gasteiger partial charge in [-0.2, -0.15) is 13.2 Å². The number of hydrogen-bond acceptors (Lipinski definition) is 2. The van der Waals surface area contributed by atoms with E-state index in [-0.39, 0.29) is 16.9 Å². The molecular formula is C10H9F3O2. The maximum atomic E-state index is 12.0. The topological polar surface area (TPSA) is 37.3 Å². The van der Waals surface area contributed by atoms with Gasteiger partial charge in [0.2, 0.25) is 0 Å². The second-order valence-electron chi connectivity index (χ2n) is 3.20. The number of ketones is 1. The second kappa shape index (κ2) is 3.92. The van der Waals surface area contributed by atoms with Crippen LogP contribution in [0.15, 0.2) is 18.2 Å². The van der Waals surface area contributed by atoms with Gasteiger partial charge in [0.15, 0.2) is 5.78 Å². The zero-order chi connectivity index (χ0) is 11.6. The van der Waals surface area contributed by atoms with Crippen molar-refractivity contribution in [3.05, 3.63) is 29.3 Å². The zero-order valence-corrected chi connectivity index (χ0v) is 7.93. The van der Waals surface area contributed by atoms with Gasteiger partial charge < -0.3 is 5.11 Å². The van der Waals surface area contributed by atoms with E-state index in [0.29, 0.717) is 0 Å². The van der Waals surface area contributed by atoms with E-state index in [4.69, 9.17) is 0 Å². The van der Waals surface area contributed by atoms with Crippen LogP contribution in [0.1, 0.15) is 22.8 Å². The summed E-state index contributed by atoms with van der Waals surface area (Å²) in [7, 11) is 0. The first-order valence-electron chi connectivity index (χ1n) is 4.19. The summed E-state index contributed by atoms with van der Waals surface area (Å²) in [5.74, 6) is -0.759. The molecule has 1 N–H and O–H groups in total. The maximum Gasteiger partial charge on any atom is 0.393 e. The van der Waals surface area contributed by atoms with E-state index in [2.05, 4.69) is 0 Å². The molecule has 0 saturated heterocycles. The SMILES string of the molecule is CC(=O)c1cc(CC(F)(F)F)ccc1O. The van der Waals surface area contributed by atoms with Gasteiger partial charge in [-0.15, -0.1) is 0 Å². The van der Waals surface area contributed by atoms with Gasteiger partial charge in [0.25, 0.3) is 0 Å². The van der Waals surface area contributed by atoms with Crippen LogP contribution in [-0.2, 0) is 6.42 Å². The van der Waals surface area contributed by atoms with Gasteiger partial charge in [0.1, 0.15) is 5.75 Å². The molecule has 0 amide bonds. The summed E-state index contributed by atoms with van der Waals surface area (Å²) in [6.07, 6.45) is -5.42. The van der Waals surface area contributed by atoms with E-state index in [1.54, 1.807) is 0 Å². The highest BCUT2D eigenvalue weighted by Crippen LogP contribution is 2.25. The van der Waals surface area contributed by atoms with Crippen molar-refractivity contribution in [2.24, 2.45) is 0 Å². The standard InChI is InChI=1S/C10H9F3O2/c1-6(14)8-4-7(2-3-9(8)15)5-10(11,12)13/h2-4,15H,5H2,1H3. The van der Waals surface area contributed by atoms with E-state index >= 15 is 0 Å². The van der Waals surface area contributed by atoms with Gasteiger partial charge in [-0.05, 0) is 24.6 Å². The minimum atomic E-state index is -4.31. The molecule has 0 fully saturated rings. The summed E-state index contributed by atoms with van der Waals surface area (Å²) in [4.78, 5) is 10.9. The van der Waals surface area contributed by atoms with Gasteiger partial charge in [0, 0.05) is 0 Å². The Kier molecular flexibility index (Phi) is 3.02. The second-order valence-corrected chi connectivity index (χ2v) is 3.20. The number of carbonyl (C=O) groups excluding carboxylic acids is 1. The van der Waals surface area contributed by atoms with Gasteiger partial charge in [-0.1, -0.05) is 6.07 Å². The molecule has 0 saturated carbocycles. The fraction of sp³-hybridized carbons (Fsp3) is 0.300. The highest BCUT2D eigenvalue weighted by molar-refractivity contribution is 5.96. The molecule has 1 aromatic rings. The minimum absolute atomic E-state index is 0.0366. The number of halogens is 3. The number of hydrogen-bond donors (Lipinski definition) is 1. The third-order valence-electron chi connectivity index (χ3n) is 1.84. The average molecular weight is 218 g/mol. The van der Waals surface area contributed by atoms with Gasteiger partial charge in [0.05, 0.1) is 12.0 Å². The fourth-order valence-electron chi connectivity index (χ4n) is 1.21. The fourth-order valence-corrected chi connectivity index (χ4v) is 1.21. The molecule has 0 aromatic heterocycles. The van der Waals surface area contributed by atoms with E-state index in [9.17, 15) is 23.1 Å². The first-order chi connectivity index (χ1) is 6.79. The van der Waals surface area contributed by atoms with Crippen LogP contribution in [0.3, 0.4) is 0 Å². The predicted molar refractivity (Wildman–Crippen MR) is 47.9 cm³/mol. The summed E-state index contributed by atoms with van der Waals surface area (Å²) in [6, 6.07) is 3.30. The molecule has 1 aromatic carbocycles. The lowest BCUT2D eigenvalue weighted by atomic mass is 10.0. The zero-order valence-electron chi connectivity index (χ0n) is 7.93. The Morgan fingerprint density at radius 2 is 2.00 bits per heavy atom. The molecule has 0 radical (unpaired) electrons. The molecule has 0 bridgehead atoms. The molecule has 82 valence electrons. The van der Waals surface area contributed by atoms with Crippen LogP contribution in [0.25, 0.3) is 0 Å². The predicted octanol–water partition coefficient (Wildman–Crippen LogP) is 2.70. The number of carbonyl (C=O) groups is 1. The Hall–Kier alpha value is -1.52. The van der Waals surface area contributed by atoms with Crippen LogP contribution in [0.5, 0.6) is 5.75 Å². The van der Waals surface area contributed by atoms with E-state index in [1.807, 2.05) is 0 Å². The summed E-state index contributed by atoms with van der Waals surface area (Å²) in [5, 5.41) is 9.20. The smallest absolute Gasteiger partial charge is 0.393 e. The molecule has 0 heterocycles. The van der Waals surface area contributed by atoms with Crippen molar-refractivity contribution in [3.8, 4) is 5.75 Å². The van der Waals surface area contributed by atoms with Crippen molar-refractivity contribution < 1.29 is 23.1 Å². The first kappa shape index (κ1) is 11.6. The molecule has 0 atom stereocenters. The summed E-state index contributed by atoms with van der Waals surface area (Å²) in [6.45, 7) is 1.19. The number of phenols is 1. The van der Waals surface area contributed by atoms with Crippen molar-refractivity contribution in [1.82, 2.24) is 0 Å². The quantitative estimate of drug-likeness (QED) is 0.775. The van der Waals surface area contributed by atoms with Gasteiger partial charge >= 0.3 is 6.18 Å². The third-order valence-corrected chi connectivity index (χ3v) is 1.84. The number of Topliss-reactive ketones (excluding diaryl/α,β-unsaturated/α-hetero) is 1. The monoisotopic (exact) mass is 218 g/mol. The Labute approximate surface area is 84.3 Å². The van der Waals surface area contributed by atoms with Crippen LogP contribution in [-0.4, -0.2) is 17.1 Å². The normalized spacial score (nSPS) is 11.5. The van der Waals surface area contributed by atoms with Crippen LogP contribution < -0.4 is 0 Å². The highest BCUT2D eigenvalue weighted by atomic mass is 19.4. The maximum absolute atomic E-state index is 12.0. The Morgan fingerprint density at radius 1 is 1.40 bits per heavy atom. The number of aromatic hydroxyl groups is 1. The molecule has 1 rings (SSSR count). The number of rotatable bonds is 2. The first-order valence-corrected chi connectivity index (χ1v) is 4.19. The Bertz CT molecular complexity index is 383. The van der Waals surface area contributed by atoms with Crippen LogP contribution in [0.2, 0.25) is 0 Å². The molecule has 0 aliphatic rings. The molecule has 0 aliphatic heterocycles. The van der Waals surface area contributed by atoms with Crippen molar-refractivity contribution in [1.29, 1.82) is 0 Å². The molecule has 0 unspecified atom stereocenters. The molecule has 15 heavy (non-hydrogen) atoms. The van der Waals surface area contributed by atoms with E-state index < -0.39 is 18.4 Å². The van der Waals surface area contributed by atoms with Crippen LogP contribution in [0, 0.1) is 0 Å². The van der Waals surface area contributed by atoms with Crippen molar-refractivity contribution in [2.75, 3.05) is 0 Å². The summed E-state index contributed by atoms with van der Waals surface area (Å²) >= 11 is 0. The average Bonchev–Trinajstić information content (AvgIpc) is 2.05. The third kappa shape index (κ3) is 3.27. The molecule has 2 nitrogen and oxygen atoms in total. The molecule has 0 aliphatic carbocycles. The number of phenolic OH excluding ortho intramolecular Hbond substituents is 1. The van der Waals surface area contributed by atoms with E-state index in [0.717, 1.165) is 18.2 Å². The van der Waals surface area contributed by atoms with Crippen molar-refractivity contribution in [3.63, 3.8) is 0 Å². The van der Waals surface area contributed by atoms with E-state index in [1.165, 1.54) is 6.92 Å². The van der Waals surface area contributed by atoms with Crippen molar-refractivity contribution in [2.45, 2.75) is 19.5 Å². The molecule has 0 spiro atoms. The lowest BCUT2D eigenvalue weighted by Crippen LogP contribution is -2.11. The Morgan fingerprint density at radius 3 is 2.47 bits per heavy atom. The van der Waals surface area contributed by atoms with Gasteiger partial charge in [-0.25, -0.2) is 0 Å². The highest BCUT2D eigenvalue weighted by Gasteiger charge is 2.28. The van der Waals surface area contributed by atoms with Crippen molar-refractivity contribution >= 4 is 5.78 Å². The number of benzene rings is 1. The largest absolute Gasteiger partial charge is 0.507 e. The lowest BCUT2D eigenvalue weighted by molar-refractivity contribution is -0.127. The van der Waals surface area contributed by atoms with Crippen LogP contribution >= 0.6 is 0 Å². The molecular weight excluding hydrogens is 209 g/mol. The van der Waals surface area contributed by atoms with Gasteiger partial charge in [-0.3, -0.25) is 4.79 Å². The minimum Gasteiger partial charge on any atom is -0.507 e. The summed E-state index contributed by atoms with van der Waals surface area (Å²) < 4.78 is 36.1.